The van der Waals surface area contributed by atoms with Gasteiger partial charge in [-0.05, 0) is 35.4 Å². The van der Waals surface area contributed by atoms with Crippen molar-refractivity contribution in [2.45, 2.75) is 17.8 Å². The van der Waals surface area contributed by atoms with E-state index in [9.17, 15) is 35.1 Å². The predicted octanol–water partition coefficient (Wildman–Crippen LogP) is 4.54. The highest BCUT2D eigenvalue weighted by Crippen LogP contribution is 2.56. The van der Waals surface area contributed by atoms with Crippen molar-refractivity contribution >= 4 is 11.4 Å². The van der Waals surface area contributed by atoms with Gasteiger partial charge in [0.15, 0.2) is 0 Å². The van der Waals surface area contributed by atoms with Crippen molar-refractivity contribution in [2.75, 3.05) is 11.5 Å². The second-order valence-electron chi connectivity index (χ2n) is 5.22. The lowest BCUT2D eigenvalue weighted by Crippen LogP contribution is -2.54. The molecule has 0 amide bonds. The van der Waals surface area contributed by atoms with Gasteiger partial charge >= 0.3 is 12.4 Å². The Morgan fingerprint density at radius 3 is 1.16 bits per heavy atom. The van der Waals surface area contributed by atoms with Crippen molar-refractivity contribution in [1.82, 2.24) is 0 Å². The highest BCUT2D eigenvalue weighted by atomic mass is 19.4. The van der Waals surface area contributed by atoms with E-state index in [1.54, 1.807) is 0 Å². The molecule has 10 heteroatoms. The van der Waals surface area contributed by atoms with Gasteiger partial charge in [0.1, 0.15) is 11.6 Å². The highest BCUT2D eigenvalue weighted by Gasteiger charge is 2.72. The molecule has 0 aliphatic carbocycles. The van der Waals surface area contributed by atoms with Gasteiger partial charge in [0.25, 0.3) is 0 Å². The summed E-state index contributed by atoms with van der Waals surface area (Å²) in [5.74, 6) is -2.36. The largest absolute Gasteiger partial charge is 0.411 e. The van der Waals surface area contributed by atoms with E-state index < -0.39 is 51.9 Å². The molecule has 0 saturated heterocycles. The monoisotopic (exact) mass is 370 g/mol. The van der Waals surface area contributed by atoms with Gasteiger partial charge in [-0.1, -0.05) is 12.1 Å². The summed E-state index contributed by atoms with van der Waals surface area (Å²) < 4.78 is 109. The number of hydrogen-bond donors (Lipinski definition) is 2. The number of nitrogen functional groups attached to an aromatic ring is 2. The summed E-state index contributed by atoms with van der Waals surface area (Å²) >= 11 is 0. The average Bonchev–Trinajstić information content (AvgIpc) is 2.44. The molecule has 25 heavy (non-hydrogen) atoms. The molecule has 0 aliphatic rings. The Bertz CT molecular complexity index is 728. The first-order valence-electron chi connectivity index (χ1n) is 6.57. The molecule has 136 valence electrons. The van der Waals surface area contributed by atoms with Crippen molar-refractivity contribution < 1.29 is 35.1 Å². The van der Waals surface area contributed by atoms with Crippen LogP contribution < -0.4 is 11.5 Å². The molecule has 0 atom stereocenters. The van der Waals surface area contributed by atoms with Crippen molar-refractivity contribution in [3.05, 3.63) is 59.2 Å². The van der Waals surface area contributed by atoms with E-state index >= 15 is 0 Å². The van der Waals surface area contributed by atoms with E-state index in [1.807, 2.05) is 0 Å². The highest BCUT2D eigenvalue weighted by molar-refractivity contribution is 5.54. The molecule has 0 aliphatic heterocycles. The molecule has 2 rings (SSSR count). The topological polar surface area (TPSA) is 52.0 Å². The molecule has 2 aromatic carbocycles. The molecule has 0 saturated carbocycles. The molecule has 0 radical (unpaired) electrons. The van der Waals surface area contributed by atoms with Gasteiger partial charge in [-0.3, -0.25) is 0 Å². The van der Waals surface area contributed by atoms with E-state index in [4.69, 9.17) is 11.5 Å². The maximum atomic E-state index is 13.7. The third kappa shape index (κ3) is 2.85. The fourth-order valence-electron chi connectivity index (χ4n) is 2.54. The number of rotatable bonds is 2. The van der Waals surface area contributed by atoms with Gasteiger partial charge in [-0.25, -0.2) is 8.78 Å². The van der Waals surface area contributed by atoms with Gasteiger partial charge in [-0.15, -0.1) is 0 Å². The molecule has 0 bridgehead atoms. The SMILES string of the molecule is Nc1cc(C(c2ccc(F)c(N)c2)(C(F)(F)F)C(F)(F)F)ccc1F. The molecule has 2 nitrogen and oxygen atoms in total. The molecule has 2 aromatic rings. The molecule has 0 spiro atoms. The number of benzene rings is 2. The van der Waals surface area contributed by atoms with Gasteiger partial charge < -0.3 is 11.5 Å². The second kappa shape index (κ2) is 5.78. The second-order valence-corrected chi connectivity index (χ2v) is 5.22. The predicted molar refractivity (Wildman–Crippen MR) is 74.5 cm³/mol. The van der Waals surface area contributed by atoms with Gasteiger partial charge in [0.2, 0.25) is 5.41 Å². The lowest BCUT2D eigenvalue weighted by Gasteiger charge is -2.38. The van der Waals surface area contributed by atoms with Crippen LogP contribution >= 0.6 is 0 Å². The Hall–Kier alpha value is -2.52. The van der Waals surface area contributed by atoms with Gasteiger partial charge in [-0.2, -0.15) is 26.3 Å². The van der Waals surface area contributed by atoms with Crippen LogP contribution in [0.4, 0.5) is 46.5 Å². The minimum atomic E-state index is -5.90. The normalized spacial score (nSPS) is 13.1. The van der Waals surface area contributed by atoms with Crippen LogP contribution in [0.25, 0.3) is 0 Å². The Balaban J connectivity index is 2.96. The zero-order chi connectivity index (χ0) is 19.2. The fourth-order valence-corrected chi connectivity index (χ4v) is 2.54. The summed E-state index contributed by atoms with van der Waals surface area (Å²) in [7, 11) is 0. The zero-order valence-corrected chi connectivity index (χ0v) is 12.1. The fraction of sp³-hybridized carbons (Fsp3) is 0.200. The average molecular weight is 370 g/mol. The first kappa shape index (κ1) is 18.8. The van der Waals surface area contributed by atoms with Crippen molar-refractivity contribution in [3.8, 4) is 0 Å². The maximum absolute atomic E-state index is 13.7. The number of alkyl halides is 6. The standard InChI is InChI=1S/C15H10F8N2/c16-9-3-1-7(5-11(9)24)13(14(18,19)20,15(21,22)23)8-2-4-10(17)12(25)6-8/h1-6H,24-25H2. The molecule has 0 fully saturated rings. The van der Waals surface area contributed by atoms with E-state index in [-0.39, 0.29) is 12.1 Å². The Kier molecular flexibility index (Phi) is 4.35. The van der Waals surface area contributed by atoms with E-state index in [0.717, 1.165) is 0 Å². The number of anilines is 2. The molecule has 0 heterocycles. The summed E-state index contributed by atoms with van der Waals surface area (Å²) in [4.78, 5) is 0. The van der Waals surface area contributed by atoms with E-state index in [1.165, 1.54) is 0 Å². The molecule has 4 N–H and O–H groups in total. The van der Waals surface area contributed by atoms with Gasteiger partial charge in [0, 0.05) is 0 Å². The molecule has 0 aromatic heterocycles. The minimum Gasteiger partial charge on any atom is -0.396 e. The maximum Gasteiger partial charge on any atom is 0.411 e. The molecule has 0 unspecified atom stereocenters. The first-order valence-corrected chi connectivity index (χ1v) is 6.57. The lowest BCUT2D eigenvalue weighted by molar-refractivity contribution is -0.288. The van der Waals surface area contributed by atoms with Gasteiger partial charge in [0.05, 0.1) is 11.4 Å². The third-order valence-electron chi connectivity index (χ3n) is 3.71. The van der Waals surface area contributed by atoms with Crippen molar-refractivity contribution in [3.63, 3.8) is 0 Å². The first-order chi connectivity index (χ1) is 11.3. The van der Waals surface area contributed by atoms with Crippen LogP contribution in [0.5, 0.6) is 0 Å². The van der Waals surface area contributed by atoms with Crippen LogP contribution in [0.2, 0.25) is 0 Å². The van der Waals surface area contributed by atoms with Crippen LogP contribution in [0.3, 0.4) is 0 Å². The van der Waals surface area contributed by atoms with Crippen LogP contribution in [-0.4, -0.2) is 12.4 Å². The van der Waals surface area contributed by atoms with Crippen LogP contribution in [-0.2, 0) is 5.41 Å². The Morgan fingerprint density at radius 1 is 0.600 bits per heavy atom. The summed E-state index contributed by atoms with van der Waals surface area (Å²) in [6, 6.07) is 1.93. The van der Waals surface area contributed by atoms with Crippen LogP contribution in [0.15, 0.2) is 36.4 Å². The smallest absolute Gasteiger partial charge is 0.396 e. The lowest BCUT2D eigenvalue weighted by atomic mass is 9.72. The third-order valence-corrected chi connectivity index (χ3v) is 3.71. The number of nitrogens with two attached hydrogens (primary N) is 2. The van der Waals surface area contributed by atoms with Crippen molar-refractivity contribution in [2.24, 2.45) is 0 Å². The summed E-state index contributed by atoms with van der Waals surface area (Å²) in [6.45, 7) is 0. The van der Waals surface area contributed by atoms with E-state index in [2.05, 4.69) is 0 Å². The number of hydrogen-bond acceptors (Lipinski definition) is 2. The summed E-state index contributed by atoms with van der Waals surface area (Å²) in [6.07, 6.45) is -11.8. The van der Waals surface area contributed by atoms with Crippen molar-refractivity contribution in [1.29, 1.82) is 0 Å². The van der Waals surface area contributed by atoms with Crippen LogP contribution in [0, 0.1) is 11.6 Å². The summed E-state index contributed by atoms with van der Waals surface area (Å²) in [5, 5.41) is 0. The summed E-state index contributed by atoms with van der Waals surface area (Å²) in [5.41, 5.74) is 1.19. The number of halogens is 8. The van der Waals surface area contributed by atoms with Crippen LogP contribution in [0.1, 0.15) is 11.1 Å². The quantitative estimate of drug-likeness (QED) is 0.602. The van der Waals surface area contributed by atoms with E-state index in [0.29, 0.717) is 24.3 Å². The molecular formula is C15H10F8N2. The molecular weight excluding hydrogens is 360 g/mol. The minimum absolute atomic E-state index is 0.246. The Labute approximate surface area is 136 Å². The Morgan fingerprint density at radius 2 is 0.920 bits per heavy atom. The zero-order valence-electron chi connectivity index (χ0n) is 12.1.